The summed E-state index contributed by atoms with van der Waals surface area (Å²) in [6.45, 7) is 5.43. The molecule has 2 heterocycles. The maximum absolute atomic E-state index is 12.0. The second kappa shape index (κ2) is 6.80. The molecule has 0 aliphatic carbocycles. The fraction of sp³-hybridized carbons (Fsp3) is 0.688. The minimum atomic E-state index is -0.741. The molecule has 0 aromatic carbocycles. The smallest absolute Gasteiger partial charge is 0.376 e. The Balaban J connectivity index is 2.11. The quantitative estimate of drug-likeness (QED) is 0.551. The molecule has 0 spiro atoms. The molecule has 0 aromatic rings. The molecule has 2 rings (SSSR count). The lowest BCUT2D eigenvalue weighted by molar-refractivity contribution is -0.173. The van der Waals surface area contributed by atoms with Crippen molar-refractivity contribution in [1.82, 2.24) is 5.06 Å². The summed E-state index contributed by atoms with van der Waals surface area (Å²) in [6.07, 6.45) is 1.25. The van der Waals surface area contributed by atoms with Gasteiger partial charge in [-0.15, -0.1) is 5.06 Å². The number of ether oxygens (including phenoxy) is 3. The van der Waals surface area contributed by atoms with E-state index >= 15 is 0 Å². The van der Waals surface area contributed by atoms with Gasteiger partial charge in [0, 0.05) is 0 Å². The Hall–Kier alpha value is -2.09. The van der Waals surface area contributed by atoms with Crippen LogP contribution < -0.4 is 0 Å². The fourth-order valence-electron chi connectivity index (χ4n) is 2.70. The molecule has 0 N–H and O–H groups in total. The van der Waals surface area contributed by atoms with E-state index in [9.17, 15) is 14.4 Å². The summed E-state index contributed by atoms with van der Waals surface area (Å²) in [7, 11) is 2.45. The van der Waals surface area contributed by atoms with E-state index in [0.29, 0.717) is 12.8 Å². The molecule has 0 amide bonds. The van der Waals surface area contributed by atoms with Crippen molar-refractivity contribution in [2.45, 2.75) is 45.7 Å². The van der Waals surface area contributed by atoms with Gasteiger partial charge in [0.2, 0.25) is 5.76 Å². The minimum absolute atomic E-state index is 0.121. The zero-order valence-corrected chi connectivity index (χ0v) is 14.6. The zero-order chi connectivity index (χ0) is 18.1. The average molecular weight is 341 g/mol. The molecule has 0 aromatic heterocycles. The molecular weight excluding hydrogens is 318 g/mol. The third-order valence-electron chi connectivity index (χ3n) is 4.01. The molecule has 24 heavy (non-hydrogen) atoms. The third kappa shape index (κ3) is 3.38. The summed E-state index contributed by atoms with van der Waals surface area (Å²) in [6, 6.07) is -0.659. The second-order valence-corrected chi connectivity index (χ2v) is 6.77. The van der Waals surface area contributed by atoms with Crippen LogP contribution in [0, 0.1) is 5.41 Å². The first-order valence-electron chi connectivity index (χ1n) is 7.75. The van der Waals surface area contributed by atoms with Crippen LogP contribution in [0.4, 0.5) is 0 Å². The first-order valence-corrected chi connectivity index (χ1v) is 7.75. The predicted octanol–water partition coefficient (Wildman–Crippen LogP) is 0.954. The van der Waals surface area contributed by atoms with Crippen molar-refractivity contribution in [3.8, 4) is 0 Å². The van der Waals surface area contributed by atoms with E-state index in [4.69, 9.17) is 14.3 Å². The van der Waals surface area contributed by atoms with Gasteiger partial charge in [0.05, 0.1) is 31.7 Å². The summed E-state index contributed by atoms with van der Waals surface area (Å²) in [5, 5.41) is 1.52. The van der Waals surface area contributed by atoms with Crippen molar-refractivity contribution in [3.05, 3.63) is 11.3 Å². The molecule has 0 radical (unpaired) electrons. The van der Waals surface area contributed by atoms with Gasteiger partial charge in [-0.3, -0.25) is 4.79 Å². The maximum atomic E-state index is 12.0. The highest BCUT2D eigenvalue weighted by atomic mass is 16.7. The Morgan fingerprint density at radius 3 is 2.29 bits per heavy atom. The number of carbonyl (C=O) groups excluding carboxylic acids is 3. The van der Waals surface area contributed by atoms with Crippen LogP contribution in [0.3, 0.4) is 0 Å². The number of esters is 3. The largest absolute Gasteiger partial charge is 0.466 e. The standard InChI is InChI=1S/C16H23NO7/c1-16(2,3)15(20)23-8-9-6-7-10-11(13(18)21-4)12(14(19)22-5)24-17(9)10/h9-10H,6-8H2,1-5H3/t9-,10-/m0/s1. The molecular formula is C16H23NO7. The van der Waals surface area contributed by atoms with Crippen molar-refractivity contribution in [2.24, 2.45) is 5.41 Å². The number of fused-ring (bicyclic) bond motifs is 1. The van der Waals surface area contributed by atoms with Gasteiger partial charge in [-0.25, -0.2) is 9.59 Å². The summed E-state index contributed by atoms with van der Waals surface area (Å²) in [4.78, 5) is 41.3. The minimum Gasteiger partial charge on any atom is -0.466 e. The Kier molecular flexibility index (Phi) is 5.17. The van der Waals surface area contributed by atoms with Crippen molar-refractivity contribution < 1.29 is 33.4 Å². The molecule has 8 heteroatoms. The lowest BCUT2D eigenvalue weighted by Crippen LogP contribution is -2.37. The highest BCUT2D eigenvalue weighted by Crippen LogP contribution is 2.38. The lowest BCUT2D eigenvalue weighted by Gasteiger charge is -2.24. The fourth-order valence-corrected chi connectivity index (χ4v) is 2.70. The van der Waals surface area contributed by atoms with Crippen molar-refractivity contribution >= 4 is 17.9 Å². The first-order chi connectivity index (χ1) is 11.2. The van der Waals surface area contributed by atoms with Crippen LogP contribution in [0.15, 0.2) is 11.3 Å². The van der Waals surface area contributed by atoms with Gasteiger partial charge in [-0.2, -0.15) is 0 Å². The Morgan fingerprint density at radius 1 is 1.12 bits per heavy atom. The van der Waals surface area contributed by atoms with Gasteiger partial charge in [-0.05, 0) is 33.6 Å². The van der Waals surface area contributed by atoms with E-state index in [2.05, 4.69) is 4.74 Å². The summed E-state index contributed by atoms with van der Waals surface area (Å²) in [5.41, 5.74) is -0.453. The van der Waals surface area contributed by atoms with Gasteiger partial charge in [-0.1, -0.05) is 0 Å². The molecule has 1 fully saturated rings. The van der Waals surface area contributed by atoms with Crippen LogP contribution in [-0.2, 0) is 33.4 Å². The number of methoxy groups -OCH3 is 2. The molecule has 8 nitrogen and oxygen atoms in total. The molecule has 1 saturated heterocycles. The molecule has 2 aliphatic rings. The van der Waals surface area contributed by atoms with Crippen LogP contribution in [-0.4, -0.2) is 55.9 Å². The molecule has 134 valence electrons. The van der Waals surface area contributed by atoms with Gasteiger partial charge in [0.15, 0.2) is 0 Å². The van der Waals surface area contributed by atoms with Gasteiger partial charge >= 0.3 is 17.9 Å². The highest BCUT2D eigenvalue weighted by Gasteiger charge is 2.50. The van der Waals surface area contributed by atoms with Crippen LogP contribution in [0.2, 0.25) is 0 Å². The number of carbonyl (C=O) groups is 3. The average Bonchev–Trinajstić information content (AvgIpc) is 3.09. The van der Waals surface area contributed by atoms with Gasteiger partial charge in [0.1, 0.15) is 12.2 Å². The van der Waals surface area contributed by atoms with E-state index in [1.807, 2.05) is 0 Å². The van der Waals surface area contributed by atoms with E-state index in [1.54, 1.807) is 20.8 Å². The molecule has 0 unspecified atom stereocenters. The third-order valence-corrected chi connectivity index (χ3v) is 4.01. The lowest BCUT2D eigenvalue weighted by atomic mass is 9.97. The van der Waals surface area contributed by atoms with Crippen molar-refractivity contribution in [3.63, 3.8) is 0 Å². The normalized spacial score (nSPS) is 23.5. The van der Waals surface area contributed by atoms with Crippen LogP contribution in [0.5, 0.6) is 0 Å². The summed E-state index contributed by atoms with van der Waals surface area (Å²) < 4.78 is 14.7. The number of rotatable bonds is 4. The number of hydrogen-bond acceptors (Lipinski definition) is 8. The number of nitrogens with zero attached hydrogens (tertiary/aromatic N) is 1. The highest BCUT2D eigenvalue weighted by molar-refractivity contribution is 6.00. The number of hydrogen-bond donors (Lipinski definition) is 0. The van der Waals surface area contributed by atoms with E-state index in [-0.39, 0.29) is 30.0 Å². The van der Waals surface area contributed by atoms with Crippen molar-refractivity contribution in [2.75, 3.05) is 20.8 Å². The zero-order valence-electron chi connectivity index (χ0n) is 14.6. The maximum Gasteiger partial charge on any atom is 0.376 e. The Bertz CT molecular complexity index is 575. The molecule has 0 bridgehead atoms. The number of hydroxylamine groups is 2. The second-order valence-electron chi connectivity index (χ2n) is 6.77. The molecule has 2 aliphatic heterocycles. The SMILES string of the molecule is COC(=O)C1=C(C(=O)OC)[C@@H]2CC[C@@H](COC(=O)C(C)(C)C)N2O1. The van der Waals surface area contributed by atoms with Crippen LogP contribution >= 0.6 is 0 Å². The molecule has 2 atom stereocenters. The van der Waals surface area contributed by atoms with E-state index in [1.165, 1.54) is 19.3 Å². The Morgan fingerprint density at radius 2 is 1.75 bits per heavy atom. The Labute approximate surface area is 140 Å². The molecule has 0 saturated carbocycles. The van der Waals surface area contributed by atoms with Gasteiger partial charge < -0.3 is 19.0 Å². The monoisotopic (exact) mass is 341 g/mol. The predicted molar refractivity (Wildman–Crippen MR) is 81.2 cm³/mol. The summed E-state index contributed by atoms with van der Waals surface area (Å²) >= 11 is 0. The van der Waals surface area contributed by atoms with E-state index < -0.39 is 23.4 Å². The first kappa shape index (κ1) is 18.3. The van der Waals surface area contributed by atoms with E-state index in [0.717, 1.165) is 0 Å². The van der Waals surface area contributed by atoms with Crippen LogP contribution in [0.25, 0.3) is 0 Å². The topological polar surface area (TPSA) is 91.4 Å². The van der Waals surface area contributed by atoms with Gasteiger partial charge in [0.25, 0.3) is 0 Å². The summed E-state index contributed by atoms with van der Waals surface area (Å²) in [5.74, 6) is -1.86. The van der Waals surface area contributed by atoms with Crippen LogP contribution in [0.1, 0.15) is 33.6 Å². The van der Waals surface area contributed by atoms with Crippen molar-refractivity contribution in [1.29, 1.82) is 0 Å².